The average molecular weight is 343 g/mol. The molecule has 0 radical (unpaired) electrons. The Morgan fingerprint density at radius 2 is 1.82 bits per heavy atom. The molecule has 0 aliphatic rings. The minimum atomic E-state index is -0.389. The summed E-state index contributed by atoms with van der Waals surface area (Å²) in [5, 5.41) is 6.99. The maximum absolute atomic E-state index is 12.2. The summed E-state index contributed by atoms with van der Waals surface area (Å²) >= 11 is 12.0. The largest absolute Gasteiger partial charge is 0.494 e. The van der Waals surface area contributed by atoms with Gasteiger partial charge in [0.25, 0.3) is 5.91 Å². The summed E-state index contributed by atoms with van der Waals surface area (Å²) in [5.74, 6) is 0.947. The number of halogens is 2. The van der Waals surface area contributed by atoms with E-state index >= 15 is 0 Å². The highest BCUT2D eigenvalue weighted by molar-refractivity contribution is 6.37. The summed E-state index contributed by atoms with van der Waals surface area (Å²) in [7, 11) is 1.45. The smallest absolute Gasteiger partial charge is 0.257 e. The van der Waals surface area contributed by atoms with Crippen molar-refractivity contribution >= 4 is 34.9 Å². The average Bonchev–Trinajstić information content (AvgIpc) is 2.86. The summed E-state index contributed by atoms with van der Waals surface area (Å²) in [4.78, 5) is 12.2. The van der Waals surface area contributed by atoms with Crippen LogP contribution in [0.2, 0.25) is 10.0 Å². The van der Waals surface area contributed by atoms with E-state index in [-0.39, 0.29) is 21.4 Å². The maximum atomic E-state index is 12.2. The number of amides is 1. The van der Waals surface area contributed by atoms with Gasteiger partial charge in [-0.3, -0.25) is 4.79 Å². The van der Waals surface area contributed by atoms with Crippen LogP contribution in [0.15, 0.2) is 22.7 Å². The zero-order valence-corrected chi connectivity index (χ0v) is 14.2. The van der Waals surface area contributed by atoms with Crippen LogP contribution in [0, 0.1) is 0 Å². The second-order valence-corrected chi connectivity index (χ2v) is 6.57. The third-order valence-electron chi connectivity index (χ3n) is 2.96. The van der Waals surface area contributed by atoms with Crippen molar-refractivity contribution in [1.82, 2.24) is 5.16 Å². The topological polar surface area (TPSA) is 64.4 Å². The number of rotatable bonds is 3. The number of benzene rings is 1. The van der Waals surface area contributed by atoms with Crippen LogP contribution in [0.4, 0.5) is 5.82 Å². The minimum absolute atomic E-state index is 0.192. The Balaban J connectivity index is 2.21. The number of aromatic nitrogens is 1. The Morgan fingerprint density at radius 1 is 1.23 bits per heavy atom. The van der Waals surface area contributed by atoms with Gasteiger partial charge in [0, 0.05) is 17.0 Å². The van der Waals surface area contributed by atoms with E-state index in [1.165, 1.54) is 19.2 Å². The monoisotopic (exact) mass is 342 g/mol. The van der Waals surface area contributed by atoms with Crippen molar-refractivity contribution in [3.63, 3.8) is 0 Å². The van der Waals surface area contributed by atoms with Crippen molar-refractivity contribution in [2.45, 2.75) is 26.2 Å². The molecular formula is C15H16Cl2N2O3. The Hall–Kier alpha value is -1.72. The van der Waals surface area contributed by atoms with Gasteiger partial charge in [-0.05, 0) is 12.1 Å². The fraction of sp³-hybridized carbons (Fsp3) is 0.333. The SMILES string of the molecule is COc1c(Cl)cc(C(=O)Nc2cc(C(C)(C)C)on2)cc1Cl. The lowest BCUT2D eigenvalue weighted by Crippen LogP contribution is -2.12. The standard InChI is InChI=1S/C15H16Cl2N2O3/c1-15(2,3)11-7-12(19-22-11)18-14(20)8-5-9(16)13(21-4)10(17)6-8/h5-7H,1-4H3,(H,18,19,20). The Labute approximate surface area is 138 Å². The first-order valence-electron chi connectivity index (χ1n) is 6.54. The fourth-order valence-corrected chi connectivity index (χ4v) is 2.40. The zero-order chi connectivity index (χ0) is 16.5. The summed E-state index contributed by atoms with van der Waals surface area (Å²) in [6.07, 6.45) is 0. The van der Waals surface area contributed by atoms with E-state index in [9.17, 15) is 4.79 Å². The molecule has 0 aliphatic carbocycles. The molecule has 118 valence electrons. The van der Waals surface area contributed by atoms with Crippen molar-refractivity contribution in [1.29, 1.82) is 0 Å². The molecule has 0 fully saturated rings. The Kier molecular flexibility index (Phi) is 4.68. The van der Waals surface area contributed by atoms with Crippen molar-refractivity contribution in [2.75, 3.05) is 12.4 Å². The van der Waals surface area contributed by atoms with Crippen LogP contribution in [-0.4, -0.2) is 18.2 Å². The minimum Gasteiger partial charge on any atom is -0.494 e. The molecule has 0 aliphatic heterocycles. The van der Waals surface area contributed by atoms with Gasteiger partial charge in [0.05, 0.1) is 17.2 Å². The molecular weight excluding hydrogens is 327 g/mol. The van der Waals surface area contributed by atoms with Crippen molar-refractivity contribution in [3.05, 3.63) is 39.6 Å². The molecule has 1 aromatic carbocycles. The Bertz CT molecular complexity index is 682. The first kappa shape index (κ1) is 16.6. The van der Waals surface area contributed by atoms with Crippen molar-refractivity contribution in [2.24, 2.45) is 0 Å². The van der Waals surface area contributed by atoms with Crippen LogP contribution in [0.25, 0.3) is 0 Å². The molecule has 7 heteroatoms. The zero-order valence-electron chi connectivity index (χ0n) is 12.7. The summed E-state index contributed by atoms with van der Waals surface area (Å²) in [6.45, 7) is 5.96. The first-order chi connectivity index (χ1) is 10.2. The number of carbonyl (C=O) groups is 1. The van der Waals surface area contributed by atoms with Crippen LogP contribution in [0.3, 0.4) is 0 Å². The second kappa shape index (κ2) is 6.18. The predicted molar refractivity (Wildman–Crippen MR) is 86.2 cm³/mol. The number of ether oxygens (including phenoxy) is 1. The van der Waals surface area contributed by atoms with Gasteiger partial charge in [-0.2, -0.15) is 0 Å². The normalized spacial score (nSPS) is 11.4. The lowest BCUT2D eigenvalue weighted by atomic mass is 9.93. The number of nitrogens with zero attached hydrogens (tertiary/aromatic N) is 1. The molecule has 1 aromatic heterocycles. The molecule has 2 rings (SSSR count). The molecule has 1 N–H and O–H groups in total. The number of hydrogen-bond donors (Lipinski definition) is 1. The van der Waals surface area contributed by atoms with Gasteiger partial charge < -0.3 is 14.6 Å². The van der Waals surface area contributed by atoms with Crippen LogP contribution in [-0.2, 0) is 5.41 Å². The van der Waals surface area contributed by atoms with Gasteiger partial charge >= 0.3 is 0 Å². The van der Waals surface area contributed by atoms with Crippen LogP contribution in [0.1, 0.15) is 36.9 Å². The molecule has 0 atom stereocenters. The number of carbonyl (C=O) groups excluding carboxylic acids is 1. The fourth-order valence-electron chi connectivity index (χ4n) is 1.76. The van der Waals surface area contributed by atoms with E-state index in [0.717, 1.165) is 0 Å². The third kappa shape index (κ3) is 3.54. The van der Waals surface area contributed by atoms with E-state index in [4.69, 9.17) is 32.5 Å². The summed E-state index contributed by atoms with van der Waals surface area (Å²) in [6, 6.07) is 4.64. The molecule has 5 nitrogen and oxygen atoms in total. The molecule has 0 saturated carbocycles. The number of nitrogens with one attached hydrogen (secondary N) is 1. The molecule has 0 saturated heterocycles. The van der Waals surface area contributed by atoms with E-state index < -0.39 is 0 Å². The Morgan fingerprint density at radius 3 is 2.27 bits per heavy atom. The van der Waals surface area contributed by atoms with Crippen molar-refractivity contribution < 1.29 is 14.1 Å². The van der Waals surface area contributed by atoms with Gasteiger partial charge in [-0.25, -0.2) is 0 Å². The molecule has 1 heterocycles. The summed E-state index contributed by atoms with van der Waals surface area (Å²) in [5.41, 5.74) is 0.110. The van der Waals surface area contributed by atoms with Gasteiger partial charge in [0.15, 0.2) is 11.6 Å². The van der Waals surface area contributed by atoms with E-state index in [0.29, 0.717) is 22.9 Å². The summed E-state index contributed by atoms with van der Waals surface area (Å²) < 4.78 is 10.3. The molecule has 0 unspecified atom stereocenters. The number of anilines is 1. The molecule has 0 bridgehead atoms. The number of hydrogen-bond acceptors (Lipinski definition) is 4. The second-order valence-electron chi connectivity index (χ2n) is 5.75. The van der Waals surface area contributed by atoms with E-state index in [1.807, 2.05) is 20.8 Å². The van der Waals surface area contributed by atoms with Crippen molar-refractivity contribution in [3.8, 4) is 5.75 Å². The lowest BCUT2D eigenvalue weighted by molar-refractivity contribution is 0.102. The predicted octanol–water partition coefficient (Wildman–Crippen LogP) is 4.54. The highest BCUT2D eigenvalue weighted by atomic mass is 35.5. The lowest BCUT2D eigenvalue weighted by Gasteiger charge is -2.12. The molecule has 0 spiro atoms. The quantitative estimate of drug-likeness (QED) is 0.889. The highest BCUT2D eigenvalue weighted by Gasteiger charge is 2.21. The molecule has 2 aromatic rings. The number of methoxy groups -OCH3 is 1. The van der Waals surface area contributed by atoms with E-state index in [2.05, 4.69) is 10.5 Å². The van der Waals surface area contributed by atoms with Gasteiger partial charge in [0.2, 0.25) is 0 Å². The van der Waals surface area contributed by atoms with Gasteiger partial charge in [-0.1, -0.05) is 49.1 Å². The van der Waals surface area contributed by atoms with Crippen LogP contribution in [0.5, 0.6) is 5.75 Å². The molecule has 22 heavy (non-hydrogen) atoms. The maximum Gasteiger partial charge on any atom is 0.257 e. The van der Waals surface area contributed by atoms with Gasteiger partial charge in [0.1, 0.15) is 5.76 Å². The van der Waals surface area contributed by atoms with Crippen LogP contribution >= 0.6 is 23.2 Å². The first-order valence-corrected chi connectivity index (χ1v) is 7.29. The third-order valence-corrected chi connectivity index (χ3v) is 3.52. The van der Waals surface area contributed by atoms with Crippen LogP contribution < -0.4 is 10.1 Å². The van der Waals surface area contributed by atoms with E-state index in [1.54, 1.807) is 6.07 Å². The highest BCUT2D eigenvalue weighted by Crippen LogP contribution is 2.34. The van der Waals surface area contributed by atoms with Gasteiger partial charge in [-0.15, -0.1) is 0 Å². The molecule has 1 amide bonds.